The van der Waals surface area contributed by atoms with Gasteiger partial charge in [0.1, 0.15) is 12.4 Å². The molecule has 21 heavy (non-hydrogen) atoms. The topological polar surface area (TPSA) is 29.5 Å². The molecule has 0 saturated heterocycles. The van der Waals surface area contributed by atoms with Crippen molar-refractivity contribution in [3.8, 4) is 5.75 Å². The molecule has 0 unspecified atom stereocenters. The Balaban J connectivity index is 1.71. The van der Waals surface area contributed by atoms with Crippen molar-refractivity contribution >= 4 is 17.5 Å². The molecule has 3 rings (SSSR count). The van der Waals surface area contributed by atoms with Crippen LogP contribution in [0.5, 0.6) is 5.75 Å². The number of rotatable bonds is 2. The predicted molar refractivity (Wildman–Crippen MR) is 82.5 cm³/mol. The van der Waals surface area contributed by atoms with Crippen molar-refractivity contribution in [1.82, 2.24) is 4.90 Å². The van der Waals surface area contributed by atoms with E-state index < -0.39 is 0 Å². The number of nitrogens with zero attached hydrogens (tertiary/aromatic N) is 1. The first-order chi connectivity index (χ1) is 10.2. The highest BCUT2D eigenvalue weighted by atomic mass is 35.5. The van der Waals surface area contributed by atoms with Crippen molar-refractivity contribution in [2.45, 2.75) is 13.0 Å². The van der Waals surface area contributed by atoms with E-state index in [1.807, 2.05) is 53.4 Å². The highest BCUT2D eigenvalue weighted by molar-refractivity contribution is 6.30. The molecule has 0 fully saturated rings. The van der Waals surface area contributed by atoms with Gasteiger partial charge in [-0.3, -0.25) is 4.79 Å². The maximum Gasteiger partial charge on any atom is 0.227 e. The van der Waals surface area contributed by atoms with Gasteiger partial charge in [-0.25, -0.2) is 0 Å². The molecule has 1 heterocycles. The molecule has 1 aliphatic rings. The molecule has 0 radical (unpaired) electrons. The van der Waals surface area contributed by atoms with E-state index in [2.05, 4.69) is 0 Å². The summed E-state index contributed by atoms with van der Waals surface area (Å²) >= 11 is 5.86. The van der Waals surface area contributed by atoms with E-state index in [1.54, 1.807) is 0 Å². The first-order valence-corrected chi connectivity index (χ1v) is 7.33. The Kier molecular flexibility index (Phi) is 4.11. The second kappa shape index (κ2) is 6.19. The fourth-order valence-electron chi connectivity index (χ4n) is 2.43. The predicted octanol–water partition coefficient (Wildman–Crippen LogP) is 3.30. The normalized spacial score (nSPS) is 14.0. The third kappa shape index (κ3) is 3.37. The van der Waals surface area contributed by atoms with E-state index in [0.717, 1.165) is 16.9 Å². The number of halogens is 1. The van der Waals surface area contributed by atoms with Gasteiger partial charge in [0.05, 0.1) is 13.0 Å². The summed E-state index contributed by atoms with van der Waals surface area (Å²) in [7, 11) is 0. The second-order valence-corrected chi connectivity index (χ2v) is 5.51. The summed E-state index contributed by atoms with van der Waals surface area (Å²) in [6.07, 6.45) is 0.388. The van der Waals surface area contributed by atoms with Gasteiger partial charge < -0.3 is 9.64 Å². The lowest BCUT2D eigenvalue weighted by Gasteiger charge is -2.20. The number of amides is 1. The Morgan fingerprint density at radius 2 is 1.90 bits per heavy atom. The monoisotopic (exact) mass is 301 g/mol. The zero-order valence-corrected chi connectivity index (χ0v) is 12.3. The van der Waals surface area contributed by atoms with Gasteiger partial charge in [0, 0.05) is 17.1 Å². The van der Waals surface area contributed by atoms with E-state index in [9.17, 15) is 4.79 Å². The largest absolute Gasteiger partial charge is 0.491 e. The summed E-state index contributed by atoms with van der Waals surface area (Å²) in [5, 5.41) is 0.684. The van der Waals surface area contributed by atoms with Crippen LogP contribution < -0.4 is 4.74 Å². The Labute approximate surface area is 129 Å². The van der Waals surface area contributed by atoms with Crippen LogP contribution in [-0.4, -0.2) is 24.0 Å². The van der Waals surface area contributed by atoms with Crippen molar-refractivity contribution in [3.63, 3.8) is 0 Å². The van der Waals surface area contributed by atoms with Gasteiger partial charge in [0.2, 0.25) is 5.91 Å². The molecular weight excluding hydrogens is 286 g/mol. The summed E-state index contributed by atoms with van der Waals surface area (Å²) in [5.74, 6) is 0.983. The van der Waals surface area contributed by atoms with E-state index in [-0.39, 0.29) is 5.91 Å². The SMILES string of the molecule is O=C(Cc1ccc(Cl)cc1)N1CCOc2ccccc2C1. The highest BCUT2D eigenvalue weighted by Gasteiger charge is 2.19. The number of hydrogen-bond acceptors (Lipinski definition) is 2. The van der Waals surface area contributed by atoms with Crippen LogP contribution in [0, 0.1) is 0 Å². The lowest BCUT2D eigenvalue weighted by Crippen LogP contribution is -2.33. The van der Waals surface area contributed by atoms with Crippen LogP contribution >= 0.6 is 11.6 Å². The van der Waals surface area contributed by atoms with E-state index in [1.165, 1.54) is 0 Å². The van der Waals surface area contributed by atoms with Gasteiger partial charge in [0.15, 0.2) is 0 Å². The van der Waals surface area contributed by atoms with Gasteiger partial charge in [0.25, 0.3) is 0 Å². The minimum absolute atomic E-state index is 0.109. The van der Waals surface area contributed by atoms with Crippen molar-refractivity contribution in [3.05, 3.63) is 64.7 Å². The molecule has 1 amide bonds. The maximum atomic E-state index is 12.5. The first-order valence-electron chi connectivity index (χ1n) is 6.95. The van der Waals surface area contributed by atoms with Crippen LogP contribution in [0.2, 0.25) is 5.02 Å². The van der Waals surface area contributed by atoms with Gasteiger partial charge in [-0.1, -0.05) is 41.9 Å². The van der Waals surface area contributed by atoms with E-state index >= 15 is 0 Å². The molecule has 0 bridgehead atoms. The van der Waals surface area contributed by atoms with Crippen LogP contribution in [0.3, 0.4) is 0 Å². The quantitative estimate of drug-likeness (QED) is 0.852. The molecule has 0 N–H and O–H groups in total. The summed E-state index contributed by atoms with van der Waals surface area (Å²) in [4.78, 5) is 14.3. The summed E-state index contributed by atoms with van der Waals surface area (Å²) in [5.41, 5.74) is 2.03. The molecule has 108 valence electrons. The molecule has 0 saturated carbocycles. The van der Waals surface area contributed by atoms with Gasteiger partial charge in [-0.2, -0.15) is 0 Å². The van der Waals surface area contributed by atoms with Crippen molar-refractivity contribution in [1.29, 1.82) is 0 Å². The minimum atomic E-state index is 0.109. The molecule has 3 nitrogen and oxygen atoms in total. The van der Waals surface area contributed by atoms with E-state index in [4.69, 9.17) is 16.3 Å². The fourth-order valence-corrected chi connectivity index (χ4v) is 2.55. The van der Waals surface area contributed by atoms with Gasteiger partial charge >= 0.3 is 0 Å². The number of fused-ring (bicyclic) bond motifs is 1. The number of carbonyl (C=O) groups is 1. The van der Waals surface area contributed by atoms with Gasteiger partial charge in [-0.05, 0) is 23.8 Å². The average molecular weight is 302 g/mol. The second-order valence-electron chi connectivity index (χ2n) is 5.07. The number of benzene rings is 2. The van der Waals surface area contributed by atoms with Crippen LogP contribution in [0.1, 0.15) is 11.1 Å². The molecular formula is C17H16ClNO2. The van der Waals surface area contributed by atoms with E-state index in [0.29, 0.717) is 31.1 Å². The molecule has 0 atom stereocenters. The fraction of sp³-hybridized carbons (Fsp3) is 0.235. The Morgan fingerprint density at radius 1 is 1.14 bits per heavy atom. The first kappa shape index (κ1) is 14.0. The van der Waals surface area contributed by atoms with Crippen molar-refractivity contribution < 1.29 is 9.53 Å². The summed E-state index contributed by atoms with van der Waals surface area (Å²) in [6.45, 7) is 1.74. The number of carbonyl (C=O) groups excluding carboxylic acids is 1. The Morgan fingerprint density at radius 3 is 2.71 bits per heavy atom. The molecule has 2 aromatic rings. The lowest BCUT2D eigenvalue weighted by molar-refractivity contribution is -0.131. The lowest BCUT2D eigenvalue weighted by atomic mass is 10.1. The standard InChI is InChI=1S/C17H16ClNO2/c18-15-7-5-13(6-8-15)11-17(20)19-9-10-21-16-4-2-1-3-14(16)12-19/h1-8H,9-12H2. The third-order valence-corrected chi connectivity index (χ3v) is 3.83. The molecule has 0 aromatic heterocycles. The van der Waals surface area contributed by atoms with Crippen LogP contribution in [0.15, 0.2) is 48.5 Å². The molecule has 0 spiro atoms. The summed E-state index contributed by atoms with van der Waals surface area (Å²) in [6, 6.07) is 15.3. The molecule has 1 aliphatic heterocycles. The van der Waals surface area contributed by atoms with Crippen LogP contribution in [0.4, 0.5) is 0 Å². The molecule has 4 heteroatoms. The Bertz CT molecular complexity index is 639. The third-order valence-electron chi connectivity index (χ3n) is 3.57. The van der Waals surface area contributed by atoms with Gasteiger partial charge in [-0.15, -0.1) is 0 Å². The minimum Gasteiger partial charge on any atom is -0.491 e. The van der Waals surface area contributed by atoms with Crippen LogP contribution in [0.25, 0.3) is 0 Å². The Hall–Kier alpha value is -2.00. The maximum absolute atomic E-state index is 12.5. The van der Waals surface area contributed by atoms with Crippen molar-refractivity contribution in [2.24, 2.45) is 0 Å². The number of hydrogen-bond donors (Lipinski definition) is 0. The average Bonchev–Trinajstić information content (AvgIpc) is 2.72. The van der Waals surface area contributed by atoms with Crippen molar-refractivity contribution in [2.75, 3.05) is 13.2 Å². The zero-order chi connectivity index (χ0) is 14.7. The van der Waals surface area contributed by atoms with Crippen LogP contribution in [-0.2, 0) is 17.8 Å². The highest BCUT2D eigenvalue weighted by Crippen LogP contribution is 2.23. The summed E-state index contributed by atoms with van der Waals surface area (Å²) < 4.78 is 5.68. The molecule has 2 aromatic carbocycles. The number of ether oxygens (including phenoxy) is 1. The molecule has 0 aliphatic carbocycles. The zero-order valence-electron chi connectivity index (χ0n) is 11.6. The number of para-hydroxylation sites is 1. The smallest absolute Gasteiger partial charge is 0.227 e.